The Labute approximate surface area is 103 Å². The minimum Gasteiger partial charge on any atom is -0.397 e. The number of nitrogens with two attached hydrogens (primary N) is 1. The standard InChI is InChI=1S/C13H21N3O/c1-13(2)10-16(7-8-17-13)6-5-12-4-3-11(14)9-15-12/h3-4,9H,5-8,10,14H2,1-2H3. The third-order valence-corrected chi connectivity index (χ3v) is 3.04. The molecule has 1 aromatic heterocycles. The van der Waals surface area contributed by atoms with E-state index < -0.39 is 0 Å². The van der Waals surface area contributed by atoms with Crippen LogP contribution in [-0.4, -0.2) is 41.7 Å². The molecule has 94 valence electrons. The van der Waals surface area contributed by atoms with Gasteiger partial charge in [-0.05, 0) is 26.0 Å². The molecule has 4 heteroatoms. The Hall–Kier alpha value is -1.13. The lowest BCUT2D eigenvalue weighted by atomic mass is 10.1. The Morgan fingerprint density at radius 2 is 2.29 bits per heavy atom. The maximum Gasteiger partial charge on any atom is 0.0753 e. The topological polar surface area (TPSA) is 51.4 Å². The average molecular weight is 235 g/mol. The number of nitrogens with zero attached hydrogens (tertiary/aromatic N) is 2. The molecule has 2 heterocycles. The van der Waals surface area contributed by atoms with Crippen molar-refractivity contribution in [3.8, 4) is 0 Å². The first kappa shape index (κ1) is 12.3. The van der Waals surface area contributed by atoms with Gasteiger partial charge in [0.2, 0.25) is 0 Å². The van der Waals surface area contributed by atoms with Gasteiger partial charge in [-0.15, -0.1) is 0 Å². The zero-order valence-corrected chi connectivity index (χ0v) is 10.6. The summed E-state index contributed by atoms with van der Waals surface area (Å²) < 4.78 is 5.69. The van der Waals surface area contributed by atoms with Crippen LogP contribution < -0.4 is 5.73 Å². The predicted octanol–water partition coefficient (Wildman–Crippen LogP) is 1.32. The number of pyridine rings is 1. The van der Waals surface area contributed by atoms with E-state index in [1.807, 2.05) is 12.1 Å². The van der Waals surface area contributed by atoms with Gasteiger partial charge in [0.05, 0.1) is 24.1 Å². The maximum absolute atomic E-state index is 5.69. The Balaban J connectivity index is 1.84. The lowest BCUT2D eigenvalue weighted by Gasteiger charge is -2.38. The molecule has 0 atom stereocenters. The van der Waals surface area contributed by atoms with Gasteiger partial charge in [-0.3, -0.25) is 9.88 Å². The van der Waals surface area contributed by atoms with Crippen molar-refractivity contribution in [2.24, 2.45) is 0 Å². The fourth-order valence-electron chi connectivity index (χ4n) is 2.16. The van der Waals surface area contributed by atoms with Crippen LogP contribution in [0.2, 0.25) is 0 Å². The molecule has 1 fully saturated rings. The van der Waals surface area contributed by atoms with Crippen molar-refractivity contribution in [3.05, 3.63) is 24.0 Å². The summed E-state index contributed by atoms with van der Waals surface area (Å²) in [6, 6.07) is 3.91. The summed E-state index contributed by atoms with van der Waals surface area (Å²) in [6.07, 6.45) is 2.69. The number of nitrogen functional groups attached to an aromatic ring is 1. The molecule has 4 nitrogen and oxygen atoms in total. The number of ether oxygens (including phenoxy) is 1. The van der Waals surface area contributed by atoms with Gasteiger partial charge in [0, 0.05) is 31.7 Å². The van der Waals surface area contributed by atoms with Crippen LogP contribution in [0.15, 0.2) is 18.3 Å². The summed E-state index contributed by atoms with van der Waals surface area (Å²) in [5.74, 6) is 0. The molecule has 1 aliphatic heterocycles. The number of aromatic nitrogens is 1. The SMILES string of the molecule is CC1(C)CN(CCc2ccc(N)cn2)CCO1. The quantitative estimate of drug-likeness (QED) is 0.858. The molecule has 0 aromatic carbocycles. The lowest BCUT2D eigenvalue weighted by Crippen LogP contribution is -2.48. The summed E-state index contributed by atoms with van der Waals surface area (Å²) in [7, 11) is 0. The molecule has 1 saturated heterocycles. The lowest BCUT2D eigenvalue weighted by molar-refractivity contribution is -0.0856. The zero-order valence-electron chi connectivity index (χ0n) is 10.6. The largest absolute Gasteiger partial charge is 0.397 e. The van der Waals surface area contributed by atoms with Gasteiger partial charge < -0.3 is 10.5 Å². The third kappa shape index (κ3) is 3.68. The molecule has 17 heavy (non-hydrogen) atoms. The first-order valence-corrected chi connectivity index (χ1v) is 6.12. The first-order chi connectivity index (χ1) is 8.05. The van der Waals surface area contributed by atoms with Crippen LogP contribution in [0.25, 0.3) is 0 Å². The highest BCUT2D eigenvalue weighted by atomic mass is 16.5. The van der Waals surface area contributed by atoms with E-state index in [9.17, 15) is 0 Å². The van der Waals surface area contributed by atoms with Crippen LogP contribution >= 0.6 is 0 Å². The molecular formula is C13H21N3O. The highest BCUT2D eigenvalue weighted by Crippen LogP contribution is 2.16. The van der Waals surface area contributed by atoms with Crippen molar-refractivity contribution in [3.63, 3.8) is 0 Å². The molecule has 0 unspecified atom stereocenters. The second-order valence-corrected chi connectivity index (χ2v) is 5.22. The van der Waals surface area contributed by atoms with Gasteiger partial charge in [0.15, 0.2) is 0 Å². The molecule has 2 rings (SSSR count). The van der Waals surface area contributed by atoms with E-state index in [-0.39, 0.29) is 5.60 Å². The summed E-state index contributed by atoms with van der Waals surface area (Å²) in [6.45, 7) is 8.13. The smallest absolute Gasteiger partial charge is 0.0753 e. The van der Waals surface area contributed by atoms with Gasteiger partial charge in [-0.2, -0.15) is 0 Å². The minimum absolute atomic E-state index is 0.0210. The van der Waals surface area contributed by atoms with E-state index in [4.69, 9.17) is 10.5 Å². The van der Waals surface area contributed by atoms with E-state index in [1.165, 1.54) is 0 Å². The Morgan fingerprint density at radius 3 is 2.94 bits per heavy atom. The molecule has 0 radical (unpaired) electrons. The van der Waals surface area contributed by atoms with Crippen molar-refractivity contribution in [1.82, 2.24) is 9.88 Å². The van der Waals surface area contributed by atoms with Crippen LogP contribution in [0.3, 0.4) is 0 Å². The van der Waals surface area contributed by atoms with E-state index in [2.05, 4.69) is 23.7 Å². The van der Waals surface area contributed by atoms with E-state index in [0.29, 0.717) is 0 Å². The molecule has 0 aliphatic carbocycles. The normalized spacial score (nSPS) is 20.4. The fraction of sp³-hybridized carbons (Fsp3) is 0.615. The number of hydrogen-bond acceptors (Lipinski definition) is 4. The molecule has 0 spiro atoms. The zero-order chi connectivity index (χ0) is 12.3. The van der Waals surface area contributed by atoms with Gasteiger partial charge in [0.25, 0.3) is 0 Å². The third-order valence-electron chi connectivity index (χ3n) is 3.04. The van der Waals surface area contributed by atoms with E-state index in [0.717, 1.165) is 44.0 Å². The van der Waals surface area contributed by atoms with Crippen LogP contribution in [0.1, 0.15) is 19.5 Å². The number of morpholine rings is 1. The number of rotatable bonds is 3. The average Bonchev–Trinajstić information content (AvgIpc) is 2.27. The minimum atomic E-state index is -0.0210. The van der Waals surface area contributed by atoms with Crippen molar-refractivity contribution in [1.29, 1.82) is 0 Å². The highest BCUT2D eigenvalue weighted by Gasteiger charge is 2.26. The van der Waals surface area contributed by atoms with Crippen LogP contribution in [0.5, 0.6) is 0 Å². The molecule has 2 N–H and O–H groups in total. The summed E-state index contributed by atoms with van der Waals surface area (Å²) in [5.41, 5.74) is 7.41. The van der Waals surface area contributed by atoms with Gasteiger partial charge >= 0.3 is 0 Å². The van der Waals surface area contributed by atoms with E-state index >= 15 is 0 Å². The highest BCUT2D eigenvalue weighted by molar-refractivity contribution is 5.34. The molecule has 0 bridgehead atoms. The van der Waals surface area contributed by atoms with Crippen molar-refractivity contribution in [2.45, 2.75) is 25.9 Å². The molecule has 0 saturated carbocycles. The molecule has 1 aromatic rings. The van der Waals surface area contributed by atoms with Crippen molar-refractivity contribution in [2.75, 3.05) is 32.0 Å². The summed E-state index contributed by atoms with van der Waals surface area (Å²) >= 11 is 0. The van der Waals surface area contributed by atoms with Crippen LogP contribution in [0, 0.1) is 0 Å². The Bertz CT molecular complexity index is 361. The van der Waals surface area contributed by atoms with E-state index in [1.54, 1.807) is 6.20 Å². The number of anilines is 1. The maximum atomic E-state index is 5.69. The fourth-order valence-corrected chi connectivity index (χ4v) is 2.16. The van der Waals surface area contributed by atoms with Crippen molar-refractivity contribution < 1.29 is 4.74 Å². The Kier molecular flexibility index (Phi) is 3.64. The molecule has 0 amide bonds. The number of hydrogen-bond donors (Lipinski definition) is 1. The second kappa shape index (κ2) is 5.02. The van der Waals surface area contributed by atoms with Crippen molar-refractivity contribution >= 4 is 5.69 Å². The van der Waals surface area contributed by atoms with Crippen LogP contribution in [-0.2, 0) is 11.2 Å². The molecule has 1 aliphatic rings. The summed E-state index contributed by atoms with van der Waals surface area (Å²) in [4.78, 5) is 6.75. The van der Waals surface area contributed by atoms with Gasteiger partial charge in [-0.1, -0.05) is 0 Å². The van der Waals surface area contributed by atoms with Gasteiger partial charge in [0.1, 0.15) is 0 Å². The van der Waals surface area contributed by atoms with Crippen LogP contribution in [0.4, 0.5) is 5.69 Å². The van der Waals surface area contributed by atoms with Gasteiger partial charge in [-0.25, -0.2) is 0 Å². The first-order valence-electron chi connectivity index (χ1n) is 6.12. The monoisotopic (exact) mass is 235 g/mol. The second-order valence-electron chi connectivity index (χ2n) is 5.22. The Morgan fingerprint density at radius 1 is 1.47 bits per heavy atom. The molecular weight excluding hydrogens is 214 g/mol. The summed E-state index contributed by atoms with van der Waals surface area (Å²) in [5, 5.41) is 0. The predicted molar refractivity (Wildman–Crippen MR) is 68.8 cm³/mol.